The van der Waals surface area contributed by atoms with Crippen molar-refractivity contribution in [1.29, 1.82) is 0 Å². The molecule has 1 aromatic heterocycles. The minimum Gasteiger partial charge on any atom is -0.492 e. The van der Waals surface area contributed by atoms with Crippen LogP contribution in [0.25, 0.3) is 0 Å². The topological polar surface area (TPSA) is 59.9 Å². The van der Waals surface area contributed by atoms with Crippen LogP contribution in [0.2, 0.25) is 0 Å². The van der Waals surface area contributed by atoms with Crippen LogP contribution in [0.3, 0.4) is 0 Å². The summed E-state index contributed by atoms with van der Waals surface area (Å²) in [5, 5.41) is 11.4. The molecule has 2 rings (SSSR count). The van der Waals surface area contributed by atoms with Gasteiger partial charge in [0.05, 0.1) is 17.9 Å². The SMILES string of the molecule is CCc1nnc(NCCOc2ccccc2)nc1CC. The van der Waals surface area contributed by atoms with E-state index in [1.165, 1.54) is 0 Å². The normalized spacial score (nSPS) is 10.3. The fourth-order valence-corrected chi connectivity index (χ4v) is 1.86. The van der Waals surface area contributed by atoms with Gasteiger partial charge in [-0.05, 0) is 25.0 Å². The third kappa shape index (κ3) is 3.91. The molecule has 0 aliphatic heterocycles. The standard InChI is InChI=1S/C15H20N4O/c1-3-13-14(4-2)18-19-15(17-13)16-10-11-20-12-8-6-5-7-9-12/h5-9H,3-4,10-11H2,1-2H3,(H,16,17,19). The molecule has 0 spiro atoms. The van der Waals surface area contributed by atoms with Crippen LogP contribution in [0.1, 0.15) is 25.2 Å². The molecule has 5 nitrogen and oxygen atoms in total. The van der Waals surface area contributed by atoms with Crippen molar-refractivity contribution < 1.29 is 4.74 Å². The van der Waals surface area contributed by atoms with Crippen molar-refractivity contribution in [1.82, 2.24) is 15.2 Å². The number of para-hydroxylation sites is 1. The number of nitrogens with one attached hydrogen (secondary N) is 1. The van der Waals surface area contributed by atoms with E-state index in [2.05, 4.69) is 34.3 Å². The predicted octanol–water partition coefficient (Wildman–Crippen LogP) is 2.49. The largest absolute Gasteiger partial charge is 0.492 e. The molecule has 106 valence electrons. The first kappa shape index (κ1) is 14.2. The molecule has 2 aromatic rings. The van der Waals surface area contributed by atoms with Gasteiger partial charge in [0.25, 0.3) is 0 Å². The number of benzene rings is 1. The molecular formula is C15H20N4O. The first-order valence-corrected chi connectivity index (χ1v) is 6.97. The maximum atomic E-state index is 5.59. The van der Waals surface area contributed by atoms with Gasteiger partial charge in [-0.3, -0.25) is 0 Å². The maximum absolute atomic E-state index is 5.59. The van der Waals surface area contributed by atoms with E-state index in [-0.39, 0.29) is 0 Å². The van der Waals surface area contributed by atoms with E-state index in [1.54, 1.807) is 0 Å². The van der Waals surface area contributed by atoms with Crippen molar-refractivity contribution in [2.24, 2.45) is 0 Å². The van der Waals surface area contributed by atoms with E-state index >= 15 is 0 Å². The van der Waals surface area contributed by atoms with E-state index in [0.29, 0.717) is 19.1 Å². The lowest BCUT2D eigenvalue weighted by atomic mass is 10.2. The van der Waals surface area contributed by atoms with Crippen LogP contribution in [-0.4, -0.2) is 28.3 Å². The molecule has 0 unspecified atom stereocenters. The molecule has 0 bridgehead atoms. The lowest BCUT2D eigenvalue weighted by Crippen LogP contribution is -2.15. The number of ether oxygens (including phenoxy) is 1. The Balaban J connectivity index is 1.82. The summed E-state index contributed by atoms with van der Waals surface area (Å²) < 4.78 is 5.59. The van der Waals surface area contributed by atoms with E-state index in [1.807, 2.05) is 30.3 Å². The smallest absolute Gasteiger partial charge is 0.243 e. The summed E-state index contributed by atoms with van der Waals surface area (Å²) in [6.07, 6.45) is 1.73. The summed E-state index contributed by atoms with van der Waals surface area (Å²) in [5.74, 6) is 1.43. The molecule has 0 fully saturated rings. The second-order valence-electron chi connectivity index (χ2n) is 4.32. The zero-order chi connectivity index (χ0) is 14.2. The zero-order valence-corrected chi connectivity index (χ0v) is 12.0. The molecule has 20 heavy (non-hydrogen) atoms. The molecule has 0 radical (unpaired) electrons. The highest BCUT2D eigenvalue weighted by molar-refractivity contribution is 5.26. The van der Waals surface area contributed by atoms with Gasteiger partial charge >= 0.3 is 0 Å². The van der Waals surface area contributed by atoms with Gasteiger partial charge in [-0.25, -0.2) is 4.98 Å². The average molecular weight is 272 g/mol. The minimum absolute atomic E-state index is 0.560. The Hall–Kier alpha value is -2.17. The number of rotatable bonds is 7. The van der Waals surface area contributed by atoms with Gasteiger partial charge in [-0.1, -0.05) is 32.0 Å². The Morgan fingerprint density at radius 3 is 2.45 bits per heavy atom. The Morgan fingerprint density at radius 2 is 1.75 bits per heavy atom. The number of hydrogen-bond donors (Lipinski definition) is 1. The molecule has 1 heterocycles. The lowest BCUT2D eigenvalue weighted by molar-refractivity contribution is 0.332. The van der Waals surface area contributed by atoms with Crippen LogP contribution in [0.15, 0.2) is 30.3 Å². The zero-order valence-electron chi connectivity index (χ0n) is 12.0. The molecular weight excluding hydrogens is 252 g/mol. The highest BCUT2D eigenvalue weighted by Gasteiger charge is 2.05. The molecule has 1 aromatic carbocycles. The first-order chi connectivity index (χ1) is 9.83. The van der Waals surface area contributed by atoms with Gasteiger partial charge in [0.2, 0.25) is 5.95 Å². The van der Waals surface area contributed by atoms with E-state index in [4.69, 9.17) is 4.74 Å². The summed E-state index contributed by atoms with van der Waals surface area (Å²) in [6.45, 7) is 5.34. The number of aryl methyl sites for hydroxylation is 2. The molecule has 0 amide bonds. The summed E-state index contributed by atoms with van der Waals surface area (Å²) in [5.41, 5.74) is 1.98. The molecule has 0 aliphatic carbocycles. The van der Waals surface area contributed by atoms with Gasteiger partial charge < -0.3 is 10.1 Å². The molecule has 0 saturated heterocycles. The predicted molar refractivity (Wildman–Crippen MR) is 79.0 cm³/mol. The minimum atomic E-state index is 0.560. The van der Waals surface area contributed by atoms with E-state index in [9.17, 15) is 0 Å². The second kappa shape index (κ2) is 7.43. The molecule has 0 aliphatic rings. The van der Waals surface area contributed by atoms with Crippen molar-refractivity contribution in [2.75, 3.05) is 18.5 Å². The van der Waals surface area contributed by atoms with Crippen LogP contribution in [0.5, 0.6) is 5.75 Å². The quantitative estimate of drug-likeness (QED) is 0.785. The Kier molecular flexibility index (Phi) is 5.29. The highest BCUT2D eigenvalue weighted by atomic mass is 16.5. The van der Waals surface area contributed by atoms with Crippen LogP contribution in [0.4, 0.5) is 5.95 Å². The van der Waals surface area contributed by atoms with Crippen LogP contribution < -0.4 is 10.1 Å². The van der Waals surface area contributed by atoms with Gasteiger partial charge in [0, 0.05) is 0 Å². The molecule has 0 saturated carbocycles. The van der Waals surface area contributed by atoms with Gasteiger partial charge in [0.15, 0.2) is 0 Å². The number of aromatic nitrogens is 3. The summed E-state index contributed by atoms with van der Waals surface area (Å²) in [7, 11) is 0. The highest BCUT2D eigenvalue weighted by Crippen LogP contribution is 2.08. The molecule has 1 N–H and O–H groups in total. The van der Waals surface area contributed by atoms with Crippen molar-refractivity contribution in [3.63, 3.8) is 0 Å². The number of hydrogen-bond acceptors (Lipinski definition) is 5. The first-order valence-electron chi connectivity index (χ1n) is 6.97. The Bertz CT molecular complexity index is 531. The molecule has 0 atom stereocenters. The fourth-order valence-electron chi connectivity index (χ4n) is 1.86. The average Bonchev–Trinajstić information content (AvgIpc) is 2.52. The Labute approximate surface area is 119 Å². The van der Waals surface area contributed by atoms with Gasteiger partial charge in [-0.15, -0.1) is 5.10 Å². The summed E-state index contributed by atoms with van der Waals surface area (Å²) >= 11 is 0. The van der Waals surface area contributed by atoms with Gasteiger partial charge in [0.1, 0.15) is 12.4 Å². The van der Waals surface area contributed by atoms with Crippen molar-refractivity contribution in [3.05, 3.63) is 41.7 Å². The van der Waals surface area contributed by atoms with Crippen molar-refractivity contribution in [2.45, 2.75) is 26.7 Å². The maximum Gasteiger partial charge on any atom is 0.243 e. The van der Waals surface area contributed by atoms with E-state index < -0.39 is 0 Å². The second-order valence-corrected chi connectivity index (χ2v) is 4.32. The lowest BCUT2D eigenvalue weighted by Gasteiger charge is -2.09. The molecule has 5 heteroatoms. The van der Waals surface area contributed by atoms with E-state index in [0.717, 1.165) is 30.0 Å². The van der Waals surface area contributed by atoms with Crippen LogP contribution in [0, 0.1) is 0 Å². The third-order valence-corrected chi connectivity index (χ3v) is 2.91. The van der Waals surface area contributed by atoms with Gasteiger partial charge in [-0.2, -0.15) is 5.10 Å². The third-order valence-electron chi connectivity index (χ3n) is 2.91. The van der Waals surface area contributed by atoms with Crippen molar-refractivity contribution >= 4 is 5.95 Å². The van der Waals surface area contributed by atoms with Crippen LogP contribution >= 0.6 is 0 Å². The summed E-state index contributed by atoms with van der Waals surface area (Å²) in [4.78, 5) is 4.47. The Morgan fingerprint density at radius 1 is 1.00 bits per heavy atom. The summed E-state index contributed by atoms with van der Waals surface area (Å²) in [6, 6.07) is 9.73. The number of anilines is 1. The van der Waals surface area contributed by atoms with Crippen LogP contribution in [-0.2, 0) is 12.8 Å². The fraction of sp³-hybridized carbons (Fsp3) is 0.400. The van der Waals surface area contributed by atoms with Crippen molar-refractivity contribution in [3.8, 4) is 5.75 Å². The number of nitrogens with zero attached hydrogens (tertiary/aromatic N) is 3. The monoisotopic (exact) mass is 272 g/mol.